The molecule has 1 atom stereocenters. The minimum Gasteiger partial charge on any atom is -0.339 e. The van der Waals surface area contributed by atoms with Crippen molar-refractivity contribution >= 4 is 5.91 Å². The Bertz CT molecular complexity index is 693. The molecular formula is C21H27N3O. The third-order valence-corrected chi connectivity index (χ3v) is 4.94. The molecule has 0 aliphatic carbocycles. The van der Waals surface area contributed by atoms with Gasteiger partial charge in [-0.15, -0.1) is 0 Å². The second kappa shape index (κ2) is 8.26. The summed E-state index contributed by atoms with van der Waals surface area (Å²) in [6, 6.07) is 14.5. The van der Waals surface area contributed by atoms with Crippen molar-refractivity contribution in [2.24, 2.45) is 0 Å². The molecule has 1 N–H and O–H groups in total. The smallest absolute Gasteiger partial charge is 0.253 e. The van der Waals surface area contributed by atoms with Crippen molar-refractivity contribution in [3.8, 4) is 0 Å². The standard InChI is InChI=1S/C21H27N3O/c1-16-7-6-12-22-20(16)15-17(2)23-19-10-13-24(14-11-19)21(25)18-8-4-3-5-9-18/h3-9,12,17,19,23H,10-11,13-15H2,1-2H3/t17-/m1/s1. The van der Waals surface area contributed by atoms with Gasteiger partial charge in [0.2, 0.25) is 0 Å². The first-order chi connectivity index (χ1) is 12.1. The molecule has 0 unspecified atom stereocenters. The minimum atomic E-state index is 0.149. The number of piperidine rings is 1. The lowest BCUT2D eigenvalue weighted by molar-refractivity contribution is 0.0702. The van der Waals surface area contributed by atoms with Gasteiger partial charge in [-0.3, -0.25) is 9.78 Å². The molecule has 4 heteroatoms. The number of carbonyl (C=O) groups excluding carboxylic acids is 1. The van der Waals surface area contributed by atoms with E-state index in [4.69, 9.17) is 0 Å². The minimum absolute atomic E-state index is 0.149. The first-order valence-corrected chi connectivity index (χ1v) is 9.14. The number of rotatable bonds is 5. The third kappa shape index (κ3) is 4.67. The van der Waals surface area contributed by atoms with Gasteiger partial charge in [0.25, 0.3) is 5.91 Å². The van der Waals surface area contributed by atoms with E-state index >= 15 is 0 Å². The topological polar surface area (TPSA) is 45.2 Å². The predicted octanol–water partition coefficient (Wildman–Crippen LogP) is 3.22. The number of hydrogen-bond acceptors (Lipinski definition) is 3. The Morgan fingerprint density at radius 2 is 1.92 bits per heavy atom. The van der Waals surface area contributed by atoms with Crippen LogP contribution >= 0.6 is 0 Å². The number of aryl methyl sites for hydroxylation is 1. The van der Waals surface area contributed by atoms with E-state index in [1.165, 1.54) is 11.3 Å². The van der Waals surface area contributed by atoms with Crippen molar-refractivity contribution in [1.29, 1.82) is 0 Å². The molecule has 1 aliphatic rings. The molecule has 0 bridgehead atoms. The van der Waals surface area contributed by atoms with Crippen LogP contribution in [0, 0.1) is 6.92 Å². The average molecular weight is 337 g/mol. The van der Waals surface area contributed by atoms with Crippen LogP contribution < -0.4 is 5.32 Å². The molecule has 1 fully saturated rings. The molecule has 2 heterocycles. The zero-order valence-electron chi connectivity index (χ0n) is 15.1. The van der Waals surface area contributed by atoms with Gasteiger partial charge in [0.1, 0.15) is 0 Å². The number of hydrogen-bond donors (Lipinski definition) is 1. The van der Waals surface area contributed by atoms with E-state index in [-0.39, 0.29) is 5.91 Å². The molecular weight excluding hydrogens is 310 g/mol. The van der Waals surface area contributed by atoms with Gasteiger partial charge in [-0.05, 0) is 50.5 Å². The molecule has 2 aromatic rings. The number of carbonyl (C=O) groups is 1. The summed E-state index contributed by atoms with van der Waals surface area (Å²) < 4.78 is 0. The van der Waals surface area contributed by atoms with Crippen LogP contribution in [-0.2, 0) is 6.42 Å². The van der Waals surface area contributed by atoms with E-state index in [9.17, 15) is 4.79 Å². The van der Waals surface area contributed by atoms with Gasteiger partial charge in [0, 0.05) is 49.0 Å². The van der Waals surface area contributed by atoms with Gasteiger partial charge in [0.05, 0.1) is 0 Å². The third-order valence-electron chi connectivity index (χ3n) is 4.94. The average Bonchev–Trinajstić information content (AvgIpc) is 2.64. The van der Waals surface area contributed by atoms with Gasteiger partial charge in [-0.2, -0.15) is 0 Å². The first kappa shape index (κ1) is 17.6. The Balaban J connectivity index is 1.48. The largest absolute Gasteiger partial charge is 0.339 e. The Kier molecular flexibility index (Phi) is 5.82. The van der Waals surface area contributed by atoms with Gasteiger partial charge in [-0.1, -0.05) is 24.3 Å². The molecule has 4 nitrogen and oxygen atoms in total. The van der Waals surface area contributed by atoms with Gasteiger partial charge < -0.3 is 10.2 Å². The predicted molar refractivity (Wildman–Crippen MR) is 101 cm³/mol. The molecule has 0 saturated carbocycles. The Hall–Kier alpha value is -2.20. The van der Waals surface area contributed by atoms with Crippen molar-refractivity contribution in [2.75, 3.05) is 13.1 Å². The van der Waals surface area contributed by atoms with Crippen molar-refractivity contribution in [2.45, 2.75) is 45.2 Å². The zero-order valence-corrected chi connectivity index (χ0v) is 15.1. The summed E-state index contributed by atoms with van der Waals surface area (Å²) in [5.41, 5.74) is 3.20. The maximum Gasteiger partial charge on any atom is 0.253 e. The molecule has 132 valence electrons. The van der Waals surface area contributed by atoms with Crippen molar-refractivity contribution < 1.29 is 4.79 Å². The molecule has 0 spiro atoms. The van der Waals surface area contributed by atoms with E-state index in [1.807, 2.05) is 47.5 Å². The summed E-state index contributed by atoms with van der Waals surface area (Å²) in [4.78, 5) is 19.0. The fourth-order valence-corrected chi connectivity index (χ4v) is 3.50. The summed E-state index contributed by atoms with van der Waals surface area (Å²) in [6.07, 6.45) is 4.81. The van der Waals surface area contributed by atoms with Gasteiger partial charge in [-0.25, -0.2) is 0 Å². The highest BCUT2D eigenvalue weighted by atomic mass is 16.2. The molecule has 0 radical (unpaired) electrons. The number of nitrogens with zero attached hydrogens (tertiary/aromatic N) is 2. The first-order valence-electron chi connectivity index (χ1n) is 9.14. The van der Waals surface area contributed by atoms with Crippen molar-refractivity contribution in [1.82, 2.24) is 15.2 Å². The van der Waals surface area contributed by atoms with Crippen LogP contribution in [0.5, 0.6) is 0 Å². The molecule has 1 saturated heterocycles. The van der Waals surface area contributed by atoms with Crippen LogP contribution in [0.2, 0.25) is 0 Å². The highest BCUT2D eigenvalue weighted by Crippen LogP contribution is 2.15. The highest BCUT2D eigenvalue weighted by molar-refractivity contribution is 5.94. The second-order valence-electron chi connectivity index (χ2n) is 6.97. The normalized spacial score (nSPS) is 16.6. The van der Waals surface area contributed by atoms with Crippen LogP contribution in [0.3, 0.4) is 0 Å². The number of likely N-dealkylation sites (tertiary alicyclic amines) is 1. The van der Waals surface area contributed by atoms with Crippen molar-refractivity contribution in [3.63, 3.8) is 0 Å². The van der Waals surface area contributed by atoms with Crippen LogP contribution in [0.1, 0.15) is 41.4 Å². The van der Waals surface area contributed by atoms with E-state index in [0.29, 0.717) is 12.1 Å². The quantitative estimate of drug-likeness (QED) is 0.911. The second-order valence-corrected chi connectivity index (χ2v) is 6.97. The lowest BCUT2D eigenvalue weighted by Crippen LogP contribution is -2.47. The molecule has 1 amide bonds. The fraction of sp³-hybridized carbons (Fsp3) is 0.429. The van der Waals surface area contributed by atoms with Crippen LogP contribution in [0.25, 0.3) is 0 Å². The maximum absolute atomic E-state index is 12.5. The molecule has 1 aromatic heterocycles. The van der Waals surface area contributed by atoms with Crippen LogP contribution in [0.15, 0.2) is 48.7 Å². The Labute approximate surface area is 150 Å². The van der Waals surface area contributed by atoms with Gasteiger partial charge in [0.15, 0.2) is 0 Å². The van der Waals surface area contributed by atoms with E-state index in [0.717, 1.165) is 37.9 Å². The lowest BCUT2D eigenvalue weighted by Gasteiger charge is -2.34. The zero-order chi connectivity index (χ0) is 17.6. The SMILES string of the molecule is Cc1cccnc1C[C@@H](C)NC1CCN(C(=O)c2ccccc2)CC1. The maximum atomic E-state index is 12.5. The highest BCUT2D eigenvalue weighted by Gasteiger charge is 2.24. The monoisotopic (exact) mass is 337 g/mol. The number of pyridine rings is 1. The molecule has 25 heavy (non-hydrogen) atoms. The number of amides is 1. The van der Waals surface area contributed by atoms with Gasteiger partial charge >= 0.3 is 0 Å². The fourth-order valence-electron chi connectivity index (χ4n) is 3.50. The van der Waals surface area contributed by atoms with Crippen LogP contribution in [-0.4, -0.2) is 41.0 Å². The Morgan fingerprint density at radius 1 is 1.20 bits per heavy atom. The number of nitrogens with one attached hydrogen (secondary N) is 1. The lowest BCUT2D eigenvalue weighted by atomic mass is 10.0. The number of benzene rings is 1. The summed E-state index contributed by atoms with van der Waals surface area (Å²) in [7, 11) is 0. The van der Waals surface area contributed by atoms with E-state index in [2.05, 4.69) is 30.2 Å². The molecule has 1 aliphatic heterocycles. The number of aromatic nitrogens is 1. The summed E-state index contributed by atoms with van der Waals surface area (Å²) >= 11 is 0. The molecule has 1 aromatic carbocycles. The van der Waals surface area contributed by atoms with E-state index in [1.54, 1.807) is 0 Å². The summed E-state index contributed by atoms with van der Waals surface area (Å²) in [5, 5.41) is 3.72. The Morgan fingerprint density at radius 3 is 2.60 bits per heavy atom. The molecule has 3 rings (SSSR count). The van der Waals surface area contributed by atoms with Crippen LogP contribution in [0.4, 0.5) is 0 Å². The van der Waals surface area contributed by atoms with E-state index < -0.39 is 0 Å². The van der Waals surface area contributed by atoms with Crippen molar-refractivity contribution in [3.05, 3.63) is 65.5 Å². The summed E-state index contributed by atoms with van der Waals surface area (Å²) in [5.74, 6) is 0.149. The summed E-state index contributed by atoms with van der Waals surface area (Å²) in [6.45, 7) is 5.97.